The van der Waals surface area contributed by atoms with Gasteiger partial charge in [0.2, 0.25) is 5.91 Å². The summed E-state index contributed by atoms with van der Waals surface area (Å²) >= 11 is 0. The van der Waals surface area contributed by atoms with Crippen LogP contribution >= 0.6 is 0 Å². The van der Waals surface area contributed by atoms with Gasteiger partial charge in [0.1, 0.15) is 30.0 Å². The molecule has 3 aromatic heterocycles. The first kappa shape index (κ1) is 23.6. The number of aromatic nitrogens is 5. The SMILES string of the molecule is C=CC(=O)N1CCC[C@@H](c2ccc3ncnc(Nc4ccc(Oc5ccn6ncnc6c5)c(C)c4)c3c2)C1. The number of piperidine rings is 1. The van der Waals surface area contributed by atoms with Crippen LogP contribution in [0, 0.1) is 6.92 Å². The summed E-state index contributed by atoms with van der Waals surface area (Å²) < 4.78 is 7.80. The zero-order valence-corrected chi connectivity index (χ0v) is 21.0. The number of carbonyl (C=O) groups excluding carboxylic acids is 1. The van der Waals surface area contributed by atoms with E-state index >= 15 is 0 Å². The molecule has 0 bridgehead atoms. The summed E-state index contributed by atoms with van der Waals surface area (Å²) in [5.74, 6) is 2.44. The van der Waals surface area contributed by atoms with Crippen LogP contribution in [-0.2, 0) is 4.79 Å². The maximum Gasteiger partial charge on any atom is 0.245 e. The number of aryl methyl sites for hydroxylation is 1. The summed E-state index contributed by atoms with van der Waals surface area (Å²) in [5, 5.41) is 8.52. The van der Waals surface area contributed by atoms with E-state index in [1.54, 1.807) is 10.8 Å². The van der Waals surface area contributed by atoms with Crippen LogP contribution in [-0.4, -0.2) is 48.5 Å². The van der Waals surface area contributed by atoms with Crippen LogP contribution in [0.2, 0.25) is 0 Å². The number of nitrogens with one attached hydrogen (secondary N) is 1. The van der Waals surface area contributed by atoms with E-state index in [1.165, 1.54) is 18.0 Å². The second-order valence-corrected chi connectivity index (χ2v) is 9.46. The second-order valence-electron chi connectivity index (χ2n) is 9.46. The lowest BCUT2D eigenvalue weighted by molar-refractivity contribution is -0.127. The maximum absolute atomic E-state index is 12.2. The monoisotopic (exact) mass is 505 g/mol. The van der Waals surface area contributed by atoms with Gasteiger partial charge >= 0.3 is 0 Å². The van der Waals surface area contributed by atoms with Crippen LogP contribution in [0.3, 0.4) is 0 Å². The van der Waals surface area contributed by atoms with Gasteiger partial charge in [-0.15, -0.1) is 0 Å². The Morgan fingerprint density at radius 1 is 1.11 bits per heavy atom. The minimum atomic E-state index is -0.0111. The van der Waals surface area contributed by atoms with Crippen molar-refractivity contribution in [2.45, 2.75) is 25.7 Å². The molecule has 1 aliphatic heterocycles. The molecule has 4 heterocycles. The van der Waals surface area contributed by atoms with E-state index in [0.29, 0.717) is 12.3 Å². The molecule has 0 unspecified atom stereocenters. The normalized spacial score (nSPS) is 15.5. The Morgan fingerprint density at radius 2 is 2.03 bits per heavy atom. The van der Waals surface area contributed by atoms with Gasteiger partial charge in [-0.3, -0.25) is 4.79 Å². The molecule has 1 aliphatic rings. The molecule has 1 atom stereocenters. The highest BCUT2D eigenvalue weighted by atomic mass is 16.5. The van der Waals surface area contributed by atoms with E-state index in [-0.39, 0.29) is 11.8 Å². The molecule has 38 heavy (non-hydrogen) atoms. The molecule has 1 fully saturated rings. The van der Waals surface area contributed by atoms with Crippen LogP contribution in [0.25, 0.3) is 16.6 Å². The van der Waals surface area contributed by atoms with E-state index in [9.17, 15) is 4.79 Å². The molecule has 0 aliphatic carbocycles. The third-order valence-electron chi connectivity index (χ3n) is 6.96. The molecule has 190 valence electrons. The fourth-order valence-corrected chi connectivity index (χ4v) is 4.97. The highest BCUT2D eigenvalue weighted by Gasteiger charge is 2.24. The lowest BCUT2D eigenvalue weighted by atomic mass is 9.90. The van der Waals surface area contributed by atoms with E-state index < -0.39 is 0 Å². The molecular formula is C29H27N7O2. The minimum Gasteiger partial charge on any atom is -0.457 e. The number of amides is 1. The van der Waals surface area contributed by atoms with Gasteiger partial charge in [-0.05, 0) is 73.4 Å². The molecule has 2 aromatic carbocycles. The third kappa shape index (κ3) is 4.66. The molecule has 0 saturated carbocycles. The average Bonchev–Trinajstić information content (AvgIpc) is 3.42. The summed E-state index contributed by atoms with van der Waals surface area (Å²) in [6.45, 7) is 7.11. The summed E-state index contributed by atoms with van der Waals surface area (Å²) in [6, 6.07) is 15.9. The van der Waals surface area contributed by atoms with Crippen LogP contribution < -0.4 is 10.1 Å². The van der Waals surface area contributed by atoms with Crippen molar-refractivity contribution in [1.82, 2.24) is 29.5 Å². The number of hydrogen-bond acceptors (Lipinski definition) is 7. The summed E-state index contributed by atoms with van der Waals surface area (Å²) in [5.41, 5.74) is 4.64. The summed E-state index contributed by atoms with van der Waals surface area (Å²) in [6.07, 6.45) is 8.30. The molecule has 9 nitrogen and oxygen atoms in total. The number of rotatable bonds is 6. The van der Waals surface area contributed by atoms with Gasteiger partial charge in [-0.1, -0.05) is 12.6 Å². The highest BCUT2D eigenvalue weighted by Crippen LogP contribution is 2.33. The molecule has 6 rings (SSSR count). The Kier molecular flexibility index (Phi) is 6.17. The quantitative estimate of drug-likeness (QED) is 0.308. The smallest absolute Gasteiger partial charge is 0.245 e. The Morgan fingerprint density at radius 3 is 2.89 bits per heavy atom. The predicted molar refractivity (Wildman–Crippen MR) is 146 cm³/mol. The lowest BCUT2D eigenvalue weighted by Gasteiger charge is -2.32. The number of ether oxygens (including phenoxy) is 1. The standard InChI is InChI=1S/C29H27N7O2/c1-3-28(37)35-11-4-5-21(16-35)20-6-8-25-24(14-20)29(32-17-30-25)34-22-7-9-26(19(2)13-22)38-23-10-12-36-27(15-23)31-18-33-36/h3,6-10,12-15,17-18,21H,1,4-5,11,16H2,2H3,(H,30,32,34)/t21-/m1/s1. The van der Waals surface area contributed by atoms with Crippen molar-refractivity contribution in [3.05, 3.63) is 91.2 Å². The first-order valence-electron chi connectivity index (χ1n) is 12.6. The zero-order valence-electron chi connectivity index (χ0n) is 21.0. The highest BCUT2D eigenvalue weighted by molar-refractivity contribution is 5.91. The molecule has 5 aromatic rings. The molecule has 1 saturated heterocycles. The van der Waals surface area contributed by atoms with Gasteiger partial charge in [0.05, 0.1) is 5.52 Å². The molecular weight excluding hydrogens is 478 g/mol. The van der Waals surface area contributed by atoms with Crippen molar-refractivity contribution in [2.75, 3.05) is 18.4 Å². The van der Waals surface area contributed by atoms with E-state index in [2.05, 4.69) is 44.1 Å². The number of anilines is 2. The number of likely N-dealkylation sites (tertiary alicyclic amines) is 1. The van der Waals surface area contributed by atoms with Gasteiger partial charge in [-0.25, -0.2) is 19.5 Å². The Balaban J connectivity index is 1.24. The Hall–Kier alpha value is -4.79. The largest absolute Gasteiger partial charge is 0.457 e. The molecule has 0 radical (unpaired) electrons. The lowest BCUT2D eigenvalue weighted by Crippen LogP contribution is -2.38. The molecule has 1 amide bonds. The number of fused-ring (bicyclic) bond motifs is 2. The molecule has 0 spiro atoms. The van der Waals surface area contributed by atoms with E-state index in [1.807, 2.05) is 54.4 Å². The first-order chi connectivity index (χ1) is 18.6. The predicted octanol–water partition coefficient (Wildman–Crippen LogP) is 5.41. The topological polar surface area (TPSA) is 97.5 Å². The van der Waals surface area contributed by atoms with Crippen LogP contribution in [0.15, 0.2) is 80.0 Å². The van der Waals surface area contributed by atoms with Gasteiger partial charge in [0.25, 0.3) is 0 Å². The van der Waals surface area contributed by atoms with Crippen molar-refractivity contribution in [1.29, 1.82) is 0 Å². The summed E-state index contributed by atoms with van der Waals surface area (Å²) in [7, 11) is 0. The molecule has 1 N–H and O–H groups in total. The summed E-state index contributed by atoms with van der Waals surface area (Å²) in [4.78, 5) is 27.3. The van der Waals surface area contributed by atoms with Gasteiger partial charge < -0.3 is 15.0 Å². The van der Waals surface area contributed by atoms with Crippen molar-refractivity contribution >= 4 is 34.0 Å². The second kappa shape index (κ2) is 9.93. The van der Waals surface area contributed by atoms with Crippen molar-refractivity contribution in [3.63, 3.8) is 0 Å². The van der Waals surface area contributed by atoms with Crippen LogP contribution in [0.4, 0.5) is 11.5 Å². The van der Waals surface area contributed by atoms with Crippen LogP contribution in [0.1, 0.15) is 29.9 Å². The zero-order chi connectivity index (χ0) is 26.1. The maximum atomic E-state index is 12.2. The number of benzene rings is 2. The van der Waals surface area contributed by atoms with Gasteiger partial charge in [0.15, 0.2) is 5.65 Å². The van der Waals surface area contributed by atoms with Crippen molar-refractivity contribution in [2.24, 2.45) is 0 Å². The third-order valence-corrected chi connectivity index (χ3v) is 6.96. The number of nitrogens with zero attached hydrogens (tertiary/aromatic N) is 6. The van der Waals surface area contributed by atoms with E-state index in [4.69, 9.17) is 4.74 Å². The first-order valence-corrected chi connectivity index (χ1v) is 12.6. The number of hydrogen-bond donors (Lipinski definition) is 1. The fourth-order valence-electron chi connectivity index (χ4n) is 4.97. The van der Waals surface area contributed by atoms with Crippen molar-refractivity contribution < 1.29 is 9.53 Å². The van der Waals surface area contributed by atoms with Gasteiger partial charge in [-0.2, -0.15) is 5.10 Å². The van der Waals surface area contributed by atoms with Crippen molar-refractivity contribution in [3.8, 4) is 11.5 Å². The Labute approximate surface area is 219 Å². The minimum absolute atomic E-state index is 0.0111. The van der Waals surface area contributed by atoms with Gasteiger partial charge in [0, 0.05) is 42.3 Å². The number of carbonyl (C=O) groups is 1. The number of pyridine rings is 1. The van der Waals surface area contributed by atoms with Crippen LogP contribution in [0.5, 0.6) is 11.5 Å². The fraction of sp³-hybridized carbons (Fsp3) is 0.207. The molecule has 9 heteroatoms. The Bertz CT molecular complexity index is 1660. The average molecular weight is 506 g/mol. The van der Waals surface area contributed by atoms with E-state index in [0.717, 1.165) is 58.8 Å².